The van der Waals surface area contributed by atoms with Crippen molar-refractivity contribution in [2.24, 2.45) is 0 Å². The summed E-state index contributed by atoms with van der Waals surface area (Å²) >= 11 is 0. The van der Waals surface area contributed by atoms with E-state index in [0.717, 1.165) is 6.07 Å². The minimum absolute atomic E-state index is 0.205. The Morgan fingerprint density at radius 2 is 1.86 bits per heavy atom. The van der Waals surface area contributed by atoms with Crippen molar-refractivity contribution in [1.82, 2.24) is 29.1 Å². The zero-order chi connectivity index (χ0) is 21.0. The molecule has 0 aliphatic heterocycles. The number of halogens is 3. The molecule has 0 aliphatic carbocycles. The summed E-state index contributed by atoms with van der Waals surface area (Å²) in [5.74, 6) is -0.663. The van der Waals surface area contributed by atoms with Gasteiger partial charge in [0.1, 0.15) is 11.8 Å². The molecule has 148 valence electrons. The third kappa shape index (κ3) is 3.94. The number of pyridine rings is 1. The van der Waals surface area contributed by atoms with Gasteiger partial charge >= 0.3 is 0 Å². The lowest BCUT2D eigenvalue weighted by Crippen LogP contribution is -2.08. The molecule has 4 heterocycles. The quantitative estimate of drug-likeness (QED) is 0.485. The summed E-state index contributed by atoms with van der Waals surface area (Å²) in [6, 6.07) is 7.80. The predicted molar refractivity (Wildman–Crippen MR) is 99.5 cm³/mol. The van der Waals surface area contributed by atoms with E-state index in [1.54, 1.807) is 12.1 Å². The van der Waals surface area contributed by atoms with E-state index in [0.29, 0.717) is 28.3 Å². The number of alkyl halides is 2. The summed E-state index contributed by atoms with van der Waals surface area (Å²) in [6.07, 6.45) is 1.30. The first-order valence-corrected chi connectivity index (χ1v) is 8.77. The molecule has 0 saturated heterocycles. The van der Waals surface area contributed by atoms with Crippen LogP contribution in [0.3, 0.4) is 0 Å². The zero-order valence-electron chi connectivity index (χ0n) is 15.6. The van der Waals surface area contributed by atoms with Crippen LogP contribution in [0, 0.1) is 17.3 Å². The smallest absolute Gasteiger partial charge is 0.256 e. The van der Waals surface area contributed by atoms with Crippen LogP contribution < -0.4 is 0 Å². The number of aromatic nitrogens is 6. The minimum atomic E-state index is -2.61. The molecule has 7 nitrogen and oxygen atoms in total. The van der Waals surface area contributed by atoms with E-state index in [-0.39, 0.29) is 5.69 Å². The minimum Gasteiger partial charge on any atom is -0.323 e. The Hall–Kier alpha value is -3.74. The molecule has 0 N–H and O–H groups in total. The van der Waals surface area contributed by atoms with Gasteiger partial charge in [0, 0.05) is 11.8 Å². The molecule has 4 aromatic heterocycles. The first kappa shape index (κ1) is 20.0. The summed E-state index contributed by atoms with van der Waals surface area (Å²) in [6.45, 7) is 3.41. The summed E-state index contributed by atoms with van der Waals surface area (Å²) in [5, 5.41) is 13.5. The second-order valence-corrected chi connectivity index (χ2v) is 5.60. The molecule has 0 atom stereocenters. The fraction of sp³-hybridized carbons (Fsp3) is 0.211. The molecule has 29 heavy (non-hydrogen) atoms. The molecule has 0 unspecified atom stereocenters. The molecule has 4 aromatic rings. The number of fused-ring (bicyclic) bond motifs is 1. The molecule has 4 rings (SSSR count). The van der Waals surface area contributed by atoms with E-state index < -0.39 is 18.9 Å². The largest absolute Gasteiger partial charge is 0.323 e. The van der Waals surface area contributed by atoms with Crippen LogP contribution in [0.15, 0.2) is 43.0 Å². The highest BCUT2D eigenvalue weighted by Crippen LogP contribution is 2.30. The SMILES string of the molecule is CC.N#Cc1cnc2ccc(-c3c(-c4ccc(F)nc4)ncn3CC(F)F)nn12. The van der Waals surface area contributed by atoms with Crippen LogP contribution in [0.5, 0.6) is 0 Å². The molecule has 0 aliphatic rings. The molecule has 0 saturated carbocycles. The molecule has 0 aromatic carbocycles. The van der Waals surface area contributed by atoms with Crippen LogP contribution >= 0.6 is 0 Å². The molecule has 10 heteroatoms. The van der Waals surface area contributed by atoms with E-state index in [2.05, 4.69) is 20.1 Å². The average Bonchev–Trinajstić information content (AvgIpc) is 3.33. The second-order valence-electron chi connectivity index (χ2n) is 5.60. The Kier molecular flexibility index (Phi) is 5.87. The van der Waals surface area contributed by atoms with Crippen LogP contribution in [-0.2, 0) is 6.54 Å². The maximum Gasteiger partial charge on any atom is 0.256 e. The molecule has 0 radical (unpaired) electrons. The standard InChI is InChI=1S/C17H10F3N7.C2H6/c18-13(19)8-26-9-24-16(10-1-3-14(20)22-6-10)17(26)12-2-4-15-23-7-11(5-21)27(15)25-12;1-2/h1-4,6-7,9,13H,8H2;1-2H3. The van der Waals surface area contributed by atoms with Gasteiger partial charge in [-0.05, 0) is 24.3 Å². The lowest BCUT2D eigenvalue weighted by atomic mass is 10.1. The van der Waals surface area contributed by atoms with Crippen molar-refractivity contribution >= 4 is 5.65 Å². The van der Waals surface area contributed by atoms with Crippen LogP contribution in [0.2, 0.25) is 0 Å². The van der Waals surface area contributed by atoms with Crippen LogP contribution in [-0.4, -0.2) is 35.6 Å². The average molecular weight is 399 g/mol. The second kappa shape index (κ2) is 8.52. The van der Waals surface area contributed by atoms with Gasteiger partial charge < -0.3 is 4.57 Å². The van der Waals surface area contributed by atoms with E-state index in [9.17, 15) is 13.2 Å². The zero-order valence-corrected chi connectivity index (χ0v) is 15.6. The maximum absolute atomic E-state index is 13.1. The summed E-state index contributed by atoms with van der Waals surface area (Å²) in [5.41, 5.74) is 2.05. The van der Waals surface area contributed by atoms with Crippen molar-refractivity contribution in [2.75, 3.05) is 0 Å². The van der Waals surface area contributed by atoms with Crippen molar-refractivity contribution in [3.05, 3.63) is 54.6 Å². The van der Waals surface area contributed by atoms with Gasteiger partial charge in [-0.2, -0.15) is 14.8 Å². The lowest BCUT2D eigenvalue weighted by Gasteiger charge is -2.10. The Labute approximate surface area is 164 Å². The number of hydrogen-bond acceptors (Lipinski definition) is 5. The summed E-state index contributed by atoms with van der Waals surface area (Å²) in [4.78, 5) is 11.8. The number of hydrogen-bond donors (Lipinski definition) is 0. The van der Waals surface area contributed by atoms with E-state index >= 15 is 0 Å². The van der Waals surface area contributed by atoms with Gasteiger partial charge in [-0.1, -0.05) is 13.8 Å². The third-order valence-electron chi connectivity index (χ3n) is 3.89. The molecule has 0 amide bonds. The normalized spacial score (nSPS) is 10.7. The highest BCUT2D eigenvalue weighted by Gasteiger charge is 2.20. The first-order chi connectivity index (χ1) is 14.1. The van der Waals surface area contributed by atoms with Crippen molar-refractivity contribution in [3.63, 3.8) is 0 Å². The summed E-state index contributed by atoms with van der Waals surface area (Å²) < 4.78 is 41.7. The van der Waals surface area contributed by atoms with Crippen molar-refractivity contribution in [3.8, 4) is 28.7 Å². The number of nitriles is 1. The van der Waals surface area contributed by atoms with Gasteiger partial charge in [-0.15, -0.1) is 0 Å². The Morgan fingerprint density at radius 3 is 2.52 bits per heavy atom. The molecule has 0 bridgehead atoms. The van der Waals surface area contributed by atoms with Crippen LogP contribution in [0.25, 0.3) is 28.3 Å². The van der Waals surface area contributed by atoms with Gasteiger partial charge in [0.05, 0.1) is 30.5 Å². The third-order valence-corrected chi connectivity index (χ3v) is 3.89. The molecule has 0 spiro atoms. The van der Waals surface area contributed by atoms with Crippen molar-refractivity contribution < 1.29 is 13.2 Å². The molecular weight excluding hydrogens is 383 g/mol. The number of nitrogens with zero attached hydrogens (tertiary/aromatic N) is 7. The molecule has 0 fully saturated rings. The number of imidazole rings is 2. The van der Waals surface area contributed by atoms with Crippen LogP contribution in [0.1, 0.15) is 19.5 Å². The monoisotopic (exact) mass is 399 g/mol. The lowest BCUT2D eigenvalue weighted by molar-refractivity contribution is 0.127. The summed E-state index contributed by atoms with van der Waals surface area (Å²) in [7, 11) is 0. The van der Waals surface area contributed by atoms with Gasteiger partial charge in [0.15, 0.2) is 11.3 Å². The van der Waals surface area contributed by atoms with Gasteiger partial charge in [-0.3, -0.25) is 0 Å². The van der Waals surface area contributed by atoms with Crippen LogP contribution in [0.4, 0.5) is 13.2 Å². The van der Waals surface area contributed by atoms with E-state index in [4.69, 9.17) is 5.26 Å². The van der Waals surface area contributed by atoms with Crippen molar-refractivity contribution in [2.45, 2.75) is 26.8 Å². The van der Waals surface area contributed by atoms with Gasteiger partial charge in [0.2, 0.25) is 5.95 Å². The maximum atomic E-state index is 13.1. The topological polar surface area (TPSA) is 84.7 Å². The Balaban J connectivity index is 0.00000117. The number of rotatable bonds is 4. The van der Waals surface area contributed by atoms with E-state index in [1.807, 2.05) is 19.9 Å². The highest BCUT2D eigenvalue weighted by molar-refractivity contribution is 5.76. The van der Waals surface area contributed by atoms with Crippen molar-refractivity contribution in [1.29, 1.82) is 5.26 Å². The first-order valence-electron chi connectivity index (χ1n) is 8.77. The fourth-order valence-electron chi connectivity index (χ4n) is 2.74. The van der Waals surface area contributed by atoms with Gasteiger partial charge in [-0.25, -0.2) is 28.2 Å². The predicted octanol–water partition coefficient (Wildman–Crippen LogP) is 3.96. The molecular formula is C19H16F3N7. The Bertz CT molecular complexity index is 1160. The van der Waals surface area contributed by atoms with Gasteiger partial charge in [0.25, 0.3) is 6.43 Å². The highest BCUT2D eigenvalue weighted by atomic mass is 19.3. The fourth-order valence-corrected chi connectivity index (χ4v) is 2.74. The Morgan fingerprint density at radius 1 is 1.07 bits per heavy atom. The van der Waals surface area contributed by atoms with E-state index in [1.165, 1.54) is 33.9 Å².